The number of carboxylic acid groups (broad SMARTS) is 2. The summed E-state index contributed by atoms with van der Waals surface area (Å²) in [7, 11) is 0. The third-order valence-electron chi connectivity index (χ3n) is 3.45. The predicted octanol–water partition coefficient (Wildman–Crippen LogP) is 2.41. The molecule has 0 spiro atoms. The van der Waals surface area contributed by atoms with Crippen LogP contribution in [0, 0.1) is 11.8 Å². The fourth-order valence-corrected chi connectivity index (χ4v) is 2.00. The second-order valence-electron chi connectivity index (χ2n) is 5.22. The number of aliphatic carboxylic acids is 2. The Balaban J connectivity index is 3.88. The summed E-state index contributed by atoms with van der Waals surface area (Å²) < 4.78 is 10.8. The Kier molecular flexibility index (Phi) is 11.9. The van der Waals surface area contributed by atoms with Gasteiger partial charge in [0.25, 0.3) is 0 Å². The lowest BCUT2D eigenvalue weighted by molar-refractivity contribution is -0.139. The summed E-state index contributed by atoms with van der Waals surface area (Å²) in [6.45, 7) is 5.80. The highest BCUT2D eigenvalue weighted by Gasteiger charge is 2.15. The van der Waals surface area contributed by atoms with Crippen LogP contribution in [0.4, 0.5) is 0 Å². The van der Waals surface area contributed by atoms with E-state index in [9.17, 15) is 9.59 Å². The number of carbonyl (C=O) groups is 2. The number of carboxylic acids is 2. The molecular formula is C15H28O6. The molecule has 124 valence electrons. The minimum atomic E-state index is -0.846. The molecule has 0 saturated heterocycles. The second kappa shape index (κ2) is 12.6. The van der Waals surface area contributed by atoms with Crippen molar-refractivity contribution in [1.29, 1.82) is 0 Å². The average molecular weight is 304 g/mol. The highest BCUT2D eigenvalue weighted by Crippen LogP contribution is 2.19. The Morgan fingerprint density at radius 2 is 1.24 bits per heavy atom. The minimum Gasteiger partial charge on any atom is -0.481 e. The Labute approximate surface area is 126 Å². The van der Waals surface area contributed by atoms with E-state index < -0.39 is 11.9 Å². The summed E-state index contributed by atoms with van der Waals surface area (Å²) in [5, 5.41) is 17.1. The van der Waals surface area contributed by atoms with Gasteiger partial charge in [-0.05, 0) is 18.3 Å². The first-order valence-corrected chi connectivity index (χ1v) is 7.58. The van der Waals surface area contributed by atoms with Crippen molar-refractivity contribution in [3.8, 4) is 0 Å². The van der Waals surface area contributed by atoms with Crippen LogP contribution >= 0.6 is 0 Å². The lowest BCUT2D eigenvalue weighted by atomic mass is 9.92. The van der Waals surface area contributed by atoms with Crippen LogP contribution in [0.2, 0.25) is 0 Å². The average Bonchev–Trinajstić information content (AvgIpc) is 2.44. The summed E-state index contributed by atoms with van der Waals surface area (Å²) in [6, 6.07) is 0. The maximum atomic E-state index is 10.4. The second-order valence-corrected chi connectivity index (χ2v) is 5.22. The van der Waals surface area contributed by atoms with Gasteiger partial charge < -0.3 is 19.7 Å². The SMILES string of the molecule is CCC(COCCC(=O)O)CC(CC)COCCC(=O)O. The van der Waals surface area contributed by atoms with Crippen molar-refractivity contribution in [2.75, 3.05) is 26.4 Å². The van der Waals surface area contributed by atoms with Crippen LogP contribution < -0.4 is 0 Å². The Morgan fingerprint density at radius 3 is 1.52 bits per heavy atom. The molecule has 0 aromatic heterocycles. The first kappa shape index (κ1) is 19.9. The molecule has 0 aromatic carbocycles. The van der Waals surface area contributed by atoms with Gasteiger partial charge in [-0.15, -0.1) is 0 Å². The predicted molar refractivity (Wildman–Crippen MR) is 78.3 cm³/mol. The molecular weight excluding hydrogens is 276 g/mol. The largest absolute Gasteiger partial charge is 0.481 e. The van der Waals surface area contributed by atoms with Gasteiger partial charge in [-0.2, -0.15) is 0 Å². The summed E-state index contributed by atoms with van der Waals surface area (Å²) >= 11 is 0. The van der Waals surface area contributed by atoms with Crippen LogP contribution in [0.15, 0.2) is 0 Å². The van der Waals surface area contributed by atoms with Crippen LogP contribution in [0.25, 0.3) is 0 Å². The van der Waals surface area contributed by atoms with Gasteiger partial charge in [0.2, 0.25) is 0 Å². The molecule has 0 rings (SSSR count). The standard InChI is InChI=1S/C15H28O6/c1-3-12(10-20-7-5-14(16)17)9-13(4-2)11-21-8-6-15(18)19/h12-13H,3-11H2,1-2H3,(H,16,17)(H,18,19). The number of hydrogen-bond acceptors (Lipinski definition) is 4. The van der Waals surface area contributed by atoms with E-state index in [1.165, 1.54) is 0 Å². The highest BCUT2D eigenvalue weighted by molar-refractivity contribution is 5.66. The van der Waals surface area contributed by atoms with E-state index in [-0.39, 0.29) is 26.1 Å². The molecule has 21 heavy (non-hydrogen) atoms. The molecule has 0 aromatic rings. The van der Waals surface area contributed by atoms with E-state index in [1.54, 1.807) is 0 Å². The van der Waals surface area contributed by atoms with E-state index in [1.807, 2.05) is 0 Å². The first-order chi connectivity index (χ1) is 9.99. The highest BCUT2D eigenvalue weighted by atomic mass is 16.5. The molecule has 6 heteroatoms. The Hall–Kier alpha value is -1.14. The van der Waals surface area contributed by atoms with E-state index in [0.717, 1.165) is 19.3 Å². The number of ether oxygens (including phenoxy) is 2. The normalized spacial score (nSPS) is 13.8. The lowest BCUT2D eigenvalue weighted by Gasteiger charge is -2.21. The fourth-order valence-electron chi connectivity index (χ4n) is 2.00. The number of rotatable bonds is 14. The maximum absolute atomic E-state index is 10.4. The van der Waals surface area contributed by atoms with Crippen molar-refractivity contribution >= 4 is 11.9 Å². The molecule has 0 fully saturated rings. The quantitative estimate of drug-likeness (QED) is 0.479. The molecule has 2 N–H and O–H groups in total. The van der Waals surface area contributed by atoms with Gasteiger partial charge in [0.15, 0.2) is 0 Å². The molecule has 0 radical (unpaired) electrons. The van der Waals surface area contributed by atoms with Gasteiger partial charge in [0, 0.05) is 13.2 Å². The monoisotopic (exact) mass is 304 g/mol. The Bertz CT molecular complexity index is 264. The molecule has 0 aliphatic rings. The van der Waals surface area contributed by atoms with Crippen molar-refractivity contribution in [3.63, 3.8) is 0 Å². The lowest BCUT2D eigenvalue weighted by Crippen LogP contribution is -2.19. The smallest absolute Gasteiger partial charge is 0.305 e. The van der Waals surface area contributed by atoms with Crippen molar-refractivity contribution in [3.05, 3.63) is 0 Å². The molecule has 0 amide bonds. The van der Waals surface area contributed by atoms with Crippen LogP contribution in [0.1, 0.15) is 46.0 Å². The van der Waals surface area contributed by atoms with E-state index in [0.29, 0.717) is 25.0 Å². The van der Waals surface area contributed by atoms with Gasteiger partial charge in [0.1, 0.15) is 0 Å². The first-order valence-electron chi connectivity index (χ1n) is 7.58. The molecule has 0 heterocycles. The minimum absolute atomic E-state index is 0.0337. The van der Waals surface area contributed by atoms with Crippen molar-refractivity contribution in [2.45, 2.75) is 46.0 Å². The van der Waals surface area contributed by atoms with Crippen LogP contribution in [0.5, 0.6) is 0 Å². The topological polar surface area (TPSA) is 93.1 Å². The summed E-state index contributed by atoms with van der Waals surface area (Å²) in [4.78, 5) is 20.8. The zero-order valence-corrected chi connectivity index (χ0v) is 13.0. The van der Waals surface area contributed by atoms with Gasteiger partial charge in [-0.25, -0.2) is 0 Å². The zero-order valence-electron chi connectivity index (χ0n) is 13.0. The molecule has 6 nitrogen and oxygen atoms in total. The van der Waals surface area contributed by atoms with Crippen molar-refractivity contribution in [2.24, 2.45) is 11.8 Å². The van der Waals surface area contributed by atoms with Crippen LogP contribution in [-0.4, -0.2) is 48.6 Å². The Morgan fingerprint density at radius 1 is 0.857 bits per heavy atom. The van der Waals surface area contributed by atoms with Gasteiger partial charge >= 0.3 is 11.9 Å². The van der Waals surface area contributed by atoms with E-state index >= 15 is 0 Å². The third-order valence-corrected chi connectivity index (χ3v) is 3.45. The molecule has 2 unspecified atom stereocenters. The summed E-state index contributed by atoms with van der Waals surface area (Å²) in [5.74, 6) is -0.929. The van der Waals surface area contributed by atoms with Crippen molar-refractivity contribution in [1.82, 2.24) is 0 Å². The fraction of sp³-hybridized carbons (Fsp3) is 0.867. The zero-order chi connectivity index (χ0) is 16.1. The van der Waals surface area contributed by atoms with E-state index in [2.05, 4.69) is 13.8 Å². The van der Waals surface area contributed by atoms with Gasteiger partial charge in [0.05, 0.1) is 26.1 Å². The van der Waals surface area contributed by atoms with Crippen molar-refractivity contribution < 1.29 is 29.3 Å². The molecule has 0 aliphatic carbocycles. The molecule has 0 aliphatic heterocycles. The molecule has 2 atom stereocenters. The van der Waals surface area contributed by atoms with Gasteiger partial charge in [-0.1, -0.05) is 26.7 Å². The van der Waals surface area contributed by atoms with Crippen LogP contribution in [-0.2, 0) is 19.1 Å². The summed E-state index contributed by atoms with van der Waals surface area (Å²) in [5.41, 5.74) is 0. The molecule has 0 saturated carbocycles. The summed E-state index contributed by atoms with van der Waals surface area (Å²) in [6.07, 6.45) is 2.96. The third kappa shape index (κ3) is 12.3. The van der Waals surface area contributed by atoms with Gasteiger partial charge in [-0.3, -0.25) is 9.59 Å². The van der Waals surface area contributed by atoms with Crippen LogP contribution in [0.3, 0.4) is 0 Å². The number of hydrogen-bond donors (Lipinski definition) is 2. The van der Waals surface area contributed by atoms with E-state index in [4.69, 9.17) is 19.7 Å². The molecule has 0 bridgehead atoms. The maximum Gasteiger partial charge on any atom is 0.305 e.